The SMILES string of the molecule is CC(C)(F)C1(c2ccc(C=O)cc2)CC1. The van der Waals surface area contributed by atoms with Gasteiger partial charge in [-0.3, -0.25) is 4.79 Å². The van der Waals surface area contributed by atoms with Crippen LogP contribution in [0.5, 0.6) is 0 Å². The van der Waals surface area contributed by atoms with E-state index < -0.39 is 5.67 Å². The van der Waals surface area contributed by atoms with Crippen LogP contribution in [0.4, 0.5) is 4.39 Å². The van der Waals surface area contributed by atoms with Crippen LogP contribution in [0, 0.1) is 0 Å². The first-order valence-corrected chi connectivity index (χ1v) is 5.24. The summed E-state index contributed by atoms with van der Waals surface area (Å²) in [4.78, 5) is 10.5. The summed E-state index contributed by atoms with van der Waals surface area (Å²) in [7, 11) is 0. The molecule has 0 spiro atoms. The molecule has 1 aliphatic rings. The van der Waals surface area contributed by atoms with Crippen molar-refractivity contribution in [2.45, 2.75) is 37.8 Å². The number of hydrogen-bond acceptors (Lipinski definition) is 1. The smallest absolute Gasteiger partial charge is 0.150 e. The lowest BCUT2D eigenvalue weighted by Crippen LogP contribution is -2.31. The molecule has 2 heteroatoms. The van der Waals surface area contributed by atoms with E-state index in [0.717, 1.165) is 24.7 Å². The van der Waals surface area contributed by atoms with Crippen molar-refractivity contribution < 1.29 is 9.18 Å². The van der Waals surface area contributed by atoms with Crippen molar-refractivity contribution in [1.82, 2.24) is 0 Å². The van der Waals surface area contributed by atoms with E-state index in [-0.39, 0.29) is 5.41 Å². The van der Waals surface area contributed by atoms with Gasteiger partial charge >= 0.3 is 0 Å². The van der Waals surface area contributed by atoms with Gasteiger partial charge in [0.15, 0.2) is 0 Å². The fourth-order valence-electron chi connectivity index (χ4n) is 2.23. The molecule has 0 aromatic heterocycles. The van der Waals surface area contributed by atoms with Gasteiger partial charge in [-0.05, 0) is 32.3 Å². The molecule has 1 fully saturated rings. The summed E-state index contributed by atoms with van der Waals surface area (Å²) in [5.74, 6) is 0. The van der Waals surface area contributed by atoms with E-state index in [2.05, 4.69) is 0 Å². The highest BCUT2D eigenvalue weighted by Gasteiger charge is 2.56. The fraction of sp³-hybridized carbons (Fsp3) is 0.462. The van der Waals surface area contributed by atoms with E-state index in [4.69, 9.17) is 0 Å². The van der Waals surface area contributed by atoms with E-state index in [1.165, 1.54) is 0 Å². The van der Waals surface area contributed by atoms with Crippen LogP contribution in [-0.2, 0) is 5.41 Å². The number of alkyl halides is 1. The molecule has 0 unspecified atom stereocenters. The van der Waals surface area contributed by atoms with Gasteiger partial charge in [-0.15, -0.1) is 0 Å². The van der Waals surface area contributed by atoms with Gasteiger partial charge in [-0.1, -0.05) is 24.3 Å². The topological polar surface area (TPSA) is 17.1 Å². The summed E-state index contributed by atoms with van der Waals surface area (Å²) in [6.45, 7) is 3.27. The highest BCUT2D eigenvalue weighted by Crippen LogP contribution is 2.57. The molecule has 0 radical (unpaired) electrons. The van der Waals surface area contributed by atoms with E-state index in [1.807, 2.05) is 12.1 Å². The van der Waals surface area contributed by atoms with Crippen LogP contribution >= 0.6 is 0 Å². The van der Waals surface area contributed by atoms with E-state index in [1.54, 1.807) is 26.0 Å². The van der Waals surface area contributed by atoms with Crippen LogP contribution in [0.2, 0.25) is 0 Å². The Morgan fingerprint density at radius 3 is 2.13 bits per heavy atom. The fourth-order valence-corrected chi connectivity index (χ4v) is 2.23. The molecule has 0 bridgehead atoms. The second-order valence-corrected chi connectivity index (χ2v) is 4.79. The third-order valence-electron chi connectivity index (χ3n) is 3.49. The highest BCUT2D eigenvalue weighted by atomic mass is 19.1. The summed E-state index contributed by atoms with van der Waals surface area (Å²) in [5.41, 5.74) is 0.163. The lowest BCUT2D eigenvalue weighted by Gasteiger charge is -2.27. The molecule has 0 heterocycles. The molecular formula is C13H15FO. The zero-order chi connectivity index (χ0) is 11.1. The summed E-state index contributed by atoms with van der Waals surface area (Å²) < 4.78 is 14.0. The Bertz CT molecular complexity index is 369. The Morgan fingerprint density at radius 2 is 1.80 bits per heavy atom. The van der Waals surface area contributed by atoms with Gasteiger partial charge in [0.2, 0.25) is 0 Å². The Kier molecular flexibility index (Phi) is 2.18. The number of carbonyl (C=O) groups is 1. The Labute approximate surface area is 89.3 Å². The maximum Gasteiger partial charge on any atom is 0.150 e. The number of halogens is 1. The van der Waals surface area contributed by atoms with Gasteiger partial charge < -0.3 is 0 Å². The molecule has 0 atom stereocenters. The maximum absolute atomic E-state index is 14.0. The average Bonchev–Trinajstić information content (AvgIpc) is 2.98. The lowest BCUT2D eigenvalue weighted by molar-refractivity contribution is 0.112. The van der Waals surface area contributed by atoms with Crippen molar-refractivity contribution in [3.63, 3.8) is 0 Å². The Balaban J connectivity index is 2.34. The minimum absolute atomic E-state index is 0.311. The predicted molar refractivity (Wildman–Crippen MR) is 57.9 cm³/mol. The van der Waals surface area contributed by atoms with Gasteiger partial charge in [0.05, 0.1) is 0 Å². The summed E-state index contributed by atoms with van der Waals surface area (Å²) in [6.07, 6.45) is 2.61. The number of benzene rings is 1. The van der Waals surface area contributed by atoms with Crippen LogP contribution in [0.3, 0.4) is 0 Å². The molecule has 1 aromatic rings. The Hall–Kier alpha value is -1.18. The molecule has 2 rings (SSSR count). The first-order valence-electron chi connectivity index (χ1n) is 5.24. The minimum Gasteiger partial charge on any atom is -0.298 e. The zero-order valence-corrected chi connectivity index (χ0v) is 9.09. The first-order chi connectivity index (χ1) is 6.99. The van der Waals surface area contributed by atoms with E-state index >= 15 is 0 Å². The van der Waals surface area contributed by atoms with Crippen molar-refractivity contribution in [2.24, 2.45) is 0 Å². The van der Waals surface area contributed by atoms with E-state index in [0.29, 0.717) is 5.56 Å². The average molecular weight is 206 g/mol. The summed E-state index contributed by atoms with van der Waals surface area (Å²) >= 11 is 0. The van der Waals surface area contributed by atoms with Gasteiger partial charge in [0.1, 0.15) is 12.0 Å². The van der Waals surface area contributed by atoms with Crippen molar-refractivity contribution in [2.75, 3.05) is 0 Å². The first kappa shape index (κ1) is 10.3. The number of aldehydes is 1. The van der Waals surface area contributed by atoms with Crippen molar-refractivity contribution >= 4 is 6.29 Å². The molecule has 1 aliphatic carbocycles. The second-order valence-electron chi connectivity index (χ2n) is 4.79. The molecular weight excluding hydrogens is 191 g/mol. The van der Waals surface area contributed by atoms with Crippen molar-refractivity contribution in [1.29, 1.82) is 0 Å². The van der Waals surface area contributed by atoms with Crippen LogP contribution in [0.25, 0.3) is 0 Å². The van der Waals surface area contributed by atoms with Crippen molar-refractivity contribution in [3.8, 4) is 0 Å². The molecule has 0 amide bonds. The summed E-state index contributed by atoms with van der Waals surface area (Å²) in [6, 6.07) is 7.26. The molecule has 0 N–H and O–H groups in total. The van der Waals surface area contributed by atoms with Gasteiger partial charge in [-0.25, -0.2) is 4.39 Å². The maximum atomic E-state index is 14.0. The zero-order valence-electron chi connectivity index (χ0n) is 9.09. The second kappa shape index (κ2) is 3.16. The molecule has 0 saturated heterocycles. The highest BCUT2D eigenvalue weighted by molar-refractivity contribution is 5.74. The van der Waals surface area contributed by atoms with Gasteiger partial charge in [0.25, 0.3) is 0 Å². The largest absolute Gasteiger partial charge is 0.298 e. The van der Waals surface area contributed by atoms with E-state index in [9.17, 15) is 9.18 Å². The quantitative estimate of drug-likeness (QED) is 0.693. The molecule has 15 heavy (non-hydrogen) atoms. The van der Waals surface area contributed by atoms with Gasteiger partial charge in [-0.2, -0.15) is 0 Å². The standard InChI is InChI=1S/C13H15FO/c1-12(2,14)13(7-8-13)11-5-3-10(9-15)4-6-11/h3-6,9H,7-8H2,1-2H3. The predicted octanol–water partition coefficient (Wildman–Crippen LogP) is 3.28. The number of carbonyl (C=O) groups excluding carboxylic acids is 1. The van der Waals surface area contributed by atoms with Crippen LogP contribution in [-0.4, -0.2) is 12.0 Å². The molecule has 1 nitrogen and oxygen atoms in total. The summed E-state index contributed by atoms with van der Waals surface area (Å²) in [5, 5.41) is 0. The third-order valence-corrected chi connectivity index (χ3v) is 3.49. The van der Waals surface area contributed by atoms with Crippen LogP contribution in [0.1, 0.15) is 42.6 Å². The molecule has 0 aliphatic heterocycles. The molecule has 80 valence electrons. The Morgan fingerprint density at radius 1 is 1.27 bits per heavy atom. The van der Waals surface area contributed by atoms with Crippen LogP contribution in [0.15, 0.2) is 24.3 Å². The van der Waals surface area contributed by atoms with Crippen molar-refractivity contribution in [3.05, 3.63) is 35.4 Å². The number of rotatable bonds is 3. The van der Waals surface area contributed by atoms with Gasteiger partial charge in [0, 0.05) is 11.0 Å². The third kappa shape index (κ3) is 1.58. The molecule has 1 saturated carbocycles. The minimum atomic E-state index is -1.18. The molecule has 1 aromatic carbocycles. The number of hydrogen-bond donors (Lipinski definition) is 0. The van der Waals surface area contributed by atoms with Crippen LogP contribution < -0.4 is 0 Å². The lowest BCUT2D eigenvalue weighted by atomic mass is 9.82. The monoisotopic (exact) mass is 206 g/mol. The normalized spacial score (nSPS) is 18.6.